The van der Waals surface area contributed by atoms with Gasteiger partial charge in [0.05, 0.1) is 17.6 Å². The highest BCUT2D eigenvalue weighted by Gasteiger charge is 2.38. The molecule has 0 aliphatic heterocycles. The third-order valence-electron chi connectivity index (χ3n) is 2.40. The van der Waals surface area contributed by atoms with Crippen molar-refractivity contribution in [3.63, 3.8) is 0 Å². The average Bonchev–Trinajstić information content (AvgIpc) is 2.35. The summed E-state index contributed by atoms with van der Waals surface area (Å²) in [6.07, 6.45) is -5.73. The molecule has 0 amide bonds. The highest BCUT2D eigenvalue weighted by molar-refractivity contribution is 5.55. The number of hydrogen-bond donors (Lipinski definition) is 2. The molecule has 1 atom stereocenters. The van der Waals surface area contributed by atoms with Crippen molar-refractivity contribution in [3.05, 3.63) is 33.9 Å². The second-order valence-electron chi connectivity index (χ2n) is 3.98. The summed E-state index contributed by atoms with van der Waals surface area (Å²) in [5.41, 5.74) is -2.33. The van der Waals surface area contributed by atoms with Gasteiger partial charge >= 0.3 is 6.18 Å². The molecule has 9 heteroatoms. The van der Waals surface area contributed by atoms with Crippen LogP contribution in [-0.4, -0.2) is 36.4 Å². The van der Waals surface area contributed by atoms with E-state index in [-0.39, 0.29) is 18.8 Å². The van der Waals surface area contributed by atoms with Gasteiger partial charge in [-0.05, 0) is 12.1 Å². The molecule has 0 spiro atoms. The Bertz CT molecular complexity index is 479. The topological polar surface area (TPSA) is 84.6 Å². The Morgan fingerprint density at radius 2 is 2.15 bits per heavy atom. The molecular formula is C11H13F3N2O4. The van der Waals surface area contributed by atoms with Crippen LogP contribution in [0.2, 0.25) is 0 Å². The number of anilines is 1. The lowest BCUT2D eigenvalue weighted by Gasteiger charge is -2.13. The van der Waals surface area contributed by atoms with Gasteiger partial charge in [-0.25, -0.2) is 0 Å². The van der Waals surface area contributed by atoms with E-state index in [4.69, 9.17) is 0 Å². The Morgan fingerprint density at radius 1 is 1.50 bits per heavy atom. The molecule has 0 aliphatic carbocycles. The van der Waals surface area contributed by atoms with E-state index in [9.17, 15) is 28.4 Å². The number of methoxy groups -OCH3 is 1. The van der Waals surface area contributed by atoms with Crippen LogP contribution in [0.3, 0.4) is 0 Å². The lowest BCUT2D eigenvalue weighted by Crippen LogP contribution is -2.24. The zero-order valence-corrected chi connectivity index (χ0v) is 10.5. The van der Waals surface area contributed by atoms with E-state index in [0.717, 1.165) is 12.1 Å². The maximum absolute atomic E-state index is 12.7. The molecule has 0 fully saturated rings. The first kappa shape index (κ1) is 16.2. The number of ether oxygens (including phenoxy) is 1. The Balaban J connectivity index is 2.93. The first-order valence-corrected chi connectivity index (χ1v) is 5.52. The molecule has 1 aromatic rings. The Labute approximate surface area is 112 Å². The van der Waals surface area contributed by atoms with Gasteiger partial charge in [0.2, 0.25) is 0 Å². The third kappa shape index (κ3) is 4.35. The minimum atomic E-state index is -4.83. The zero-order valence-electron chi connectivity index (χ0n) is 10.5. The van der Waals surface area contributed by atoms with Gasteiger partial charge in [-0.15, -0.1) is 0 Å². The molecule has 0 saturated heterocycles. The molecule has 0 aliphatic rings. The number of benzene rings is 1. The van der Waals surface area contributed by atoms with E-state index in [1.54, 1.807) is 0 Å². The summed E-state index contributed by atoms with van der Waals surface area (Å²) < 4.78 is 42.8. The number of nitro groups is 1. The molecule has 0 radical (unpaired) electrons. The summed E-state index contributed by atoms with van der Waals surface area (Å²) in [6, 6.07) is 2.55. The first-order chi connectivity index (χ1) is 9.25. The van der Waals surface area contributed by atoms with Crippen molar-refractivity contribution in [1.82, 2.24) is 0 Å². The minimum Gasteiger partial charge on any atom is -0.389 e. The number of aliphatic hydroxyl groups excluding tert-OH is 1. The van der Waals surface area contributed by atoms with Crippen molar-refractivity contribution >= 4 is 11.4 Å². The van der Waals surface area contributed by atoms with Gasteiger partial charge in [-0.1, -0.05) is 0 Å². The Kier molecular flexibility index (Phi) is 5.28. The fourth-order valence-electron chi connectivity index (χ4n) is 1.52. The number of rotatable bonds is 6. The standard InChI is InChI=1S/C11H13F3N2O4/c1-20-6-8(17)5-15-7-2-3-10(16(18)19)9(4-7)11(12,13)14/h2-4,8,15,17H,5-6H2,1H3. The predicted molar refractivity (Wildman–Crippen MR) is 64.5 cm³/mol. The normalized spacial score (nSPS) is 13.1. The van der Waals surface area contributed by atoms with Gasteiger partial charge in [0.25, 0.3) is 5.69 Å². The summed E-state index contributed by atoms with van der Waals surface area (Å²) in [5.74, 6) is 0. The molecular weight excluding hydrogens is 281 g/mol. The molecule has 6 nitrogen and oxygen atoms in total. The van der Waals surface area contributed by atoms with Gasteiger partial charge in [0.1, 0.15) is 5.56 Å². The van der Waals surface area contributed by atoms with Crippen molar-refractivity contribution in [3.8, 4) is 0 Å². The van der Waals surface area contributed by atoms with Crippen molar-refractivity contribution in [1.29, 1.82) is 0 Å². The number of halogens is 3. The second-order valence-corrected chi connectivity index (χ2v) is 3.98. The lowest BCUT2D eigenvalue weighted by atomic mass is 10.1. The van der Waals surface area contributed by atoms with Gasteiger partial charge in [0.15, 0.2) is 0 Å². The van der Waals surface area contributed by atoms with Gasteiger partial charge in [-0.3, -0.25) is 10.1 Å². The van der Waals surface area contributed by atoms with E-state index in [1.165, 1.54) is 7.11 Å². The van der Waals surface area contributed by atoms with Gasteiger partial charge in [-0.2, -0.15) is 13.2 Å². The molecule has 20 heavy (non-hydrogen) atoms. The van der Waals surface area contributed by atoms with Crippen LogP contribution in [0.1, 0.15) is 5.56 Å². The molecule has 1 unspecified atom stereocenters. The van der Waals surface area contributed by atoms with Crippen LogP contribution in [0.25, 0.3) is 0 Å². The SMILES string of the molecule is COCC(O)CNc1ccc([N+](=O)[O-])c(C(F)(F)F)c1. The smallest absolute Gasteiger partial charge is 0.389 e. The van der Waals surface area contributed by atoms with Crippen molar-refractivity contribution in [2.24, 2.45) is 0 Å². The number of nitro benzene ring substituents is 1. The lowest BCUT2D eigenvalue weighted by molar-refractivity contribution is -0.388. The number of alkyl halides is 3. The fraction of sp³-hybridized carbons (Fsp3) is 0.455. The van der Waals surface area contributed by atoms with Crippen LogP contribution in [0, 0.1) is 10.1 Å². The first-order valence-electron chi connectivity index (χ1n) is 5.52. The molecule has 0 bridgehead atoms. The summed E-state index contributed by atoms with van der Waals surface area (Å²) >= 11 is 0. The monoisotopic (exact) mass is 294 g/mol. The number of nitrogens with zero attached hydrogens (tertiary/aromatic N) is 1. The van der Waals surface area contributed by atoms with E-state index in [2.05, 4.69) is 10.1 Å². The minimum absolute atomic E-state index is 0.0199. The molecule has 1 rings (SSSR count). The molecule has 1 aromatic carbocycles. The molecule has 2 N–H and O–H groups in total. The van der Waals surface area contributed by atoms with Crippen molar-refractivity contribution in [2.75, 3.05) is 25.6 Å². The van der Waals surface area contributed by atoms with Gasteiger partial charge in [0, 0.05) is 25.4 Å². The summed E-state index contributed by atoms with van der Waals surface area (Å²) in [7, 11) is 1.37. The second kappa shape index (κ2) is 6.53. The van der Waals surface area contributed by atoms with Crippen LogP contribution in [0.5, 0.6) is 0 Å². The summed E-state index contributed by atoms with van der Waals surface area (Å²) in [6.45, 7) is -0.0188. The molecule has 0 saturated carbocycles. The van der Waals surface area contributed by atoms with E-state index >= 15 is 0 Å². The van der Waals surface area contributed by atoms with Crippen LogP contribution in [0.4, 0.5) is 24.5 Å². The van der Waals surface area contributed by atoms with Crippen molar-refractivity contribution in [2.45, 2.75) is 12.3 Å². The van der Waals surface area contributed by atoms with Crippen molar-refractivity contribution < 1.29 is 27.9 Å². The number of hydrogen-bond acceptors (Lipinski definition) is 5. The van der Waals surface area contributed by atoms with Crippen LogP contribution in [-0.2, 0) is 10.9 Å². The third-order valence-corrected chi connectivity index (χ3v) is 2.40. The maximum Gasteiger partial charge on any atom is 0.423 e. The van der Waals surface area contributed by atoms with E-state index < -0.39 is 28.5 Å². The van der Waals surface area contributed by atoms with Crippen LogP contribution < -0.4 is 5.32 Å². The summed E-state index contributed by atoms with van der Waals surface area (Å²) in [5, 5.41) is 22.5. The highest BCUT2D eigenvalue weighted by Crippen LogP contribution is 2.37. The van der Waals surface area contributed by atoms with E-state index in [1.807, 2.05) is 0 Å². The number of nitrogens with one attached hydrogen (secondary N) is 1. The molecule has 0 heterocycles. The Hall–Kier alpha value is -1.87. The van der Waals surface area contributed by atoms with E-state index in [0.29, 0.717) is 6.07 Å². The maximum atomic E-state index is 12.7. The van der Waals surface area contributed by atoms with Crippen LogP contribution in [0.15, 0.2) is 18.2 Å². The number of aliphatic hydroxyl groups is 1. The zero-order chi connectivity index (χ0) is 15.3. The van der Waals surface area contributed by atoms with Gasteiger partial charge < -0.3 is 15.2 Å². The quantitative estimate of drug-likeness (QED) is 0.619. The molecule has 112 valence electrons. The highest BCUT2D eigenvalue weighted by atomic mass is 19.4. The fourth-order valence-corrected chi connectivity index (χ4v) is 1.52. The predicted octanol–water partition coefficient (Wildman–Crippen LogP) is 2.03. The van der Waals surface area contributed by atoms with Crippen LogP contribution >= 0.6 is 0 Å². The molecule has 0 aromatic heterocycles. The average molecular weight is 294 g/mol. The largest absolute Gasteiger partial charge is 0.423 e. The Morgan fingerprint density at radius 3 is 2.65 bits per heavy atom. The summed E-state index contributed by atoms with van der Waals surface area (Å²) in [4.78, 5) is 9.47.